The van der Waals surface area contributed by atoms with Gasteiger partial charge in [0.05, 0.1) is 13.2 Å². The van der Waals surface area contributed by atoms with Crippen molar-refractivity contribution in [1.29, 1.82) is 0 Å². The summed E-state index contributed by atoms with van der Waals surface area (Å²) in [6.07, 6.45) is 0.933. The number of carbonyl (C=O) groups is 1. The summed E-state index contributed by atoms with van der Waals surface area (Å²) in [7, 11) is 0. The minimum Gasteiger partial charge on any atom is -0.493 e. The number of fused-ring (bicyclic) bond motifs is 1. The van der Waals surface area contributed by atoms with Gasteiger partial charge in [0.2, 0.25) is 0 Å². The lowest BCUT2D eigenvalue weighted by Gasteiger charge is -2.25. The highest BCUT2D eigenvalue weighted by atomic mass is 32.1. The average molecular weight is 317 g/mol. The van der Waals surface area contributed by atoms with Crippen LogP contribution >= 0.6 is 11.3 Å². The highest BCUT2D eigenvalue weighted by Crippen LogP contribution is 2.26. The van der Waals surface area contributed by atoms with Gasteiger partial charge in [-0.15, -0.1) is 11.3 Å². The van der Waals surface area contributed by atoms with Crippen LogP contribution in [0.15, 0.2) is 29.6 Å². The molecule has 0 radical (unpaired) electrons. The van der Waals surface area contributed by atoms with Gasteiger partial charge in [-0.2, -0.15) is 0 Å². The van der Waals surface area contributed by atoms with Gasteiger partial charge in [-0.1, -0.05) is 18.2 Å². The number of aromatic nitrogens is 1. The maximum atomic E-state index is 11.8. The van der Waals surface area contributed by atoms with Crippen molar-refractivity contribution in [1.82, 2.24) is 15.6 Å². The van der Waals surface area contributed by atoms with Crippen LogP contribution in [0.25, 0.3) is 0 Å². The number of para-hydroxylation sites is 1. The lowest BCUT2D eigenvalue weighted by Crippen LogP contribution is -2.40. The number of carbonyl (C=O) groups excluding carboxylic acids is 1. The molecule has 0 bridgehead atoms. The third-order valence-corrected chi connectivity index (χ3v) is 4.54. The minimum atomic E-state index is -0.160. The maximum absolute atomic E-state index is 11.8. The molecule has 5 nitrogen and oxygen atoms in total. The van der Waals surface area contributed by atoms with Crippen LogP contribution in [0.2, 0.25) is 0 Å². The zero-order valence-corrected chi connectivity index (χ0v) is 13.3. The molecule has 1 aliphatic rings. The fourth-order valence-electron chi connectivity index (χ4n) is 2.46. The van der Waals surface area contributed by atoms with Crippen LogP contribution in [-0.4, -0.2) is 24.2 Å². The second-order valence-corrected chi connectivity index (χ2v) is 6.38. The van der Waals surface area contributed by atoms with Crippen LogP contribution in [-0.2, 0) is 13.0 Å². The van der Waals surface area contributed by atoms with Gasteiger partial charge in [-0.3, -0.25) is 0 Å². The molecule has 1 aromatic carbocycles. The summed E-state index contributed by atoms with van der Waals surface area (Å²) in [6.45, 7) is 3.66. The number of hydrogen-bond donors (Lipinski definition) is 2. The number of urea groups is 1. The molecule has 2 aromatic rings. The minimum absolute atomic E-state index is 0.160. The van der Waals surface area contributed by atoms with Gasteiger partial charge in [-0.25, -0.2) is 9.78 Å². The second kappa shape index (κ2) is 6.79. The van der Waals surface area contributed by atoms with Gasteiger partial charge < -0.3 is 15.4 Å². The number of thiazole rings is 1. The summed E-state index contributed by atoms with van der Waals surface area (Å²) in [5.74, 6) is 1.27. The number of rotatable bonds is 4. The van der Waals surface area contributed by atoms with E-state index < -0.39 is 0 Å². The van der Waals surface area contributed by atoms with Crippen molar-refractivity contribution >= 4 is 17.4 Å². The van der Waals surface area contributed by atoms with E-state index >= 15 is 0 Å². The first kappa shape index (κ1) is 14.8. The number of aryl methyl sites for hydroxylation is 1. The lowest BCUT2D eigenvalue weighted by molar-refractivity contribution is 0.211. The average Bonchev–Trinajstić information content (AvgIpc) is 2.96. The van der Waals surface area contributed by atoms with Crippen LogP contribution < -0.4 is 15.4 Å². The quantitative estimate of drug-likeness (QED) is 0.911. The van der Waals surface area contributed by atoms with Gasteiger partial charge in [0, 0.05) is 23.5 Å². The Morgan fingerprint density at radius 1 is 1.41 bits per heavy atom. The molecule has 0 saturated heterocycles. The predicted octanol–water partition coefficient (Wildman–Crippen LogP) is 2.50. The molecule has 0 unspecified atom stereocenters. The summed E-state index contributed by atoms with van der Waals surface area (Å²) >= 11 is 1.56. The molecule has 3 rings (SSSR count). The van der Waals surface area contributed by atoms with Gasteiger partial charge in [-0.05, 0) is 25.0 Å². The zero-order chi connectivity index (χ0) is 15.4. The molecule has 2 heterocycles. The molecule has 0 spiro atoms. The van der Waals surface area contributed by atoms with Crippen LogP contribution in [0.4, 0.5) is 4.79 Å². The van der Waals surface area contributed by atoms with Gasteiger partial charge in [0.25, 0.3) is 0 Å². The Kier molecular flexibility index (Phi) is 4.58. The Balaban J connectivity index is 1.42. The summed E-state index contributed by atoms with van der Waals surface area (Å²) in [5.41, 5.74) is 2.19. The molecular formula is C16H19N3O2S. The topological polar surface area (TPSA) is 63.2 Å². The third-order valence-electron chi connectivity index (χ3n) is 3.57. The lowest BCUT2D eigenvalue weighted by atomic mass is 9.97. The van der Waals surface area contributed by atoms with Crippen LogP contribution in [0, 0.1) is 12.8 Å². The fourth-order valence-corrected chi connectivity index (χ4v) is 3.17. The Morgan fingerprint density at radius 3 is 3.09 bits per heavy atom. The van der Waals surface area contributed by atoms with E-state index in [1.165, 1.54) is 5.56 Å². The summed E-state index contributed by atoms with van der Waals surface area (Å²) in [5, 5.41) is 8.63. The molecular weight excluding hydrogens is 298 g/mol. The first-order valence-electron chi connectivity index (χ1n) is 7.34. The van der Waals surface area contributed by atoms with E-state index in [-0.39, 0.29) is 6.03 Å². The largest absolute Gasteiger partial charge is 0.493 e. The SMILES string of the molecule is Cc1csc(CNC(=O)NC[C@@H]2COc3ccccc3C2)n1. The van der Waals surface area contributed by atoms with Crippen molar-refractivity contribution in [3.8, 4) is 5.75 Å². The van der Waals surface area contributed by atoms with Crippen LogP contribution in [0.3, 0.4) is 0 Å². The number of nitrogens with zero attached hydrogens (tertiary/aromatic N) is 1. The first-order valence-corrected chi connectivity index (χ1v) is 8.22. The van der Waals surface area contributed by atoms with E-state index in [2.05, 4.69) is 21.7 Å². The Morgan fingerprint density at radius 2 is 2.27 bits per heavy atom. The fraction of sp³-hybridized carbons (Fsp3) is 0.375. The summed E-state index contributed by atoms with van der Waals surface area (Å²) < 4.78 is 5.72. The molecule has 1 aliphatic heterocycles. The maximum Gasteiger partial charge on any atom is 0.315 e. The molecule has 2 N–H and O–H groups in total. The highest BCUT2D eigenvalue weighted by molar-refractivity contribution is 7.09. The van der Waals surface area contributed by atoms with E-state index in [4.69, 9.17) is 4.74 Å². The molecule has 6 heteroatoms. The van der Waals surface area contributed by atoms with Crippen molar-refractivity contribution in [3.05, 3.63) is 45.9 Å². The molecule has 0 fully saturated rings. The Bertz CT molecular complexity index is 656. The zero-order valence-electron chi connectivity index (χ0n) is 12.5. The van der Waals surface area contributed by atoms with E-state index in [0.717, 1.165) is 22.9 Å². The molecule has 1 aromatic heterocycles. The molecule has 1 atom stereocenters. The van der Waals surface area contributed by atoms with Crippen molar-refractivity contribution in [2.24, 2.45) is 5.92 Å². The van der Waals surface area contributed by atoms with Crippen molar-refractivity contribution in [2.75, 3.05) is 13.2 Å². The van der Waals surface area contributed by atoms with E-state index in [9.17, 15) is 4.79 Å². The number of benzene rings is 1. The normalized spacial score (nSPS) is 16.5. The summed E-state index contributed by atoms with van der Waals surface area (Å²) in [6, 6.07) is 7.90. The number of nitrogens with one attached hydrogen (secondary N) is 2. The second-order valence-electron chi connectivity index (χ2n) is 5.44. The summed E-state index contributed by atoms with van der Waals surface area (Å²) in [4.78, 5) is 16.1. The number of ether oxygens (including phenoxy) is 1. The van der Waals surface area contributed by atoms with E-state index in [1.54, 1.807) is 11.3 Å². The number of hydrogen-bond acceptors (Lipinski definition) is 4. The van der Waals surface area contributed by atoms with E-state index in [1.807, 2.05) is 30.5 Å². The van der Waals surface area contributed by atoms with Gasteiger partial charge in [0.1, 0.15) is 10.8 Å². The van der Waals surface area contributed by atoms with E-state index in [0.29, 0.717) is 25.6 Å². The van der Waals surface area contributed by atoms with Crippen LogP contribution in [0.5, 0.6) is 5.75 Å². The monoisotopic (exact) mass is 317 g/mol. The molecule has 22 heavy (non-hydrogen) atoms. The smallest absolute Gasteiger partial charge is 0.315 e. The molecule has 0 aliphatic carbocycles. The van der Waals surface area contributed by atoms with Crippen molar-refractivity contribution in [3.63, 3.8) is 0 Å². The predicted molar refractivity (Wildman–Crippen MR) is 86.2 cm³/mol. The molecule has 2 amide bonds. The highest BCUT2D eigenvalue weighted by Gasteiger charge is 2.19. The first-order chi connectivity index (χ1) is 10.7. The molecule has 0 saturated carbocycles. The van der Waals surface area contributed by atoms with Crippen LogP contribution in [0.1, 0.15) is 16.3 Å². The Hall–Kier alpha value is -2.08. The van der Waals surface area contributed by atoms with Gasteiger partial charge in [0.15, 0.2) is 0 Å². The Labute approximate surface area is 133 Å². The number of amides is 2. The molecule has 116 valence electrons. The van der Waals surface area contributed by atoms with Crippen molar-refractivity contribution in [2.45, 2.75) is 19.9 Å². The standard InChI is InChI=1S/C16H19N3O2S/c1-11-10-22-15(19-11)8-18-16(20)17-7-12-6-13-4-2-3-5-14(13)21-9-12/h2-5,10,12H,6-9H2,1H3,(H2,17,18,20)/t12-/m1/s1. The third kappa shape index (κ3) is 3.76. The van der Waals surface area contributed by atoms with Crippen molar-refractivity contribution < 1.29 is 9.53 Å². The van der Waals surface area contributed by atoms with Gasteiger partial charge >= 0.3 is 6.03 Å².